The van der Waals surface area contributed by atoms with E-state index in [-0.39, 0.29) is 34.0 Å². The highest BCUT2D eigenvalue weighted by Gasteiger charge is 2.11. The summed E-state index contributed by atoms with van der Waals surface area (Å²) in [5, 5.41) is 4.84. The van der Waals surface area contributed by atoms with Gasteiger partial charge in [0.2, 0.25) is 0 Å². The molecule has 1 aliphatic rings. The minimum Gasteiger partial charge on any atom is -0.383 e. The molecular weight excluding hydrogens is 454 g/mol. The lowest BCUT2D eigenvalue weighted by molar-refractivity contribution is 0.353. The van der Waals surface area contributed by atoms with Crippen LogP contribution < -0.4 is 5.32 Å². The number of anilines is 1. The zero-order valence-electron chi connectivity index (χ0n) is 14.7. The van der Waals surface area contributed by atoms with E-state index in [4.69, 9.17) is 4.98 Å². The molecule has 1 N–H and O–H groups in total. The van der Waals surface area contributed by atoms with Gasteiger partial charge in [0.15, 0.2) is 0 Å². The second kappa shape index (κ2) is 10.0. The van der Waals surface area contributed by atoms with Gasteiger partial charge >= 0.3 is 0 Å². The van der Waals surface area contributed by atoms with Gasteiger partial charge in [-0.25, -0.2) is 4.98 Å². The number of nitrogens with zero attached hydrogens (tertiary/aromatic N) is 2. The summed E-state index contributed by atoms with van der Waals surface area (Å²) >= 11 is 0. The highest BCUT2D eigenvalue weighted by molar-refractivity contribution is 8.93. The van der Waals surface area contributed by atoms with E-state index in [0.717, 1.165) is 29.9 Å². The summed E-state index contributed by atoms with van der Waals surface area (Å²) in [6.07, 6.45) is 2.69. The van der Waals surface area contributed by atoms with Crippen molar-refractivity contribution in [3.8, 4) is 11.3 Å². The summed E-state index contributed by atoms with van der Waals surface area (Å²) in [7, 11) is 0. The molecule has 0 radical (unpaired) electrons. The lowest BCUT2D eigenvalue weighted by Crippen LogP contribution is -2.26. The number of likely N-dealkylation sites (tertiary alicyclic amines) is 1. The van der Waals surface area contributed by atoms with Crippen molar-refractivity contribution in [1.29, 1.82) is 0 Å². The summed E-state index contributed by atoms with van der Waals surface area (Å²) < 4.78 is 0. The molecule has 0 aliphatic carbocycles. The van der Waals surface area contributed by atoms with Gasteiger partial charge in [0.05, 0.1) is 11.2 Å². The number of para-hydroxylation sites is 1. The first-order valence-electron chi connectivity index (χ1n) is 8.81. The number of fused-ring (bicyclic) bond motifs is 1. The fourth-order valence-corrected chi connectivity index (χ4v) is 3.43. The van der Waals surface area contributed by atoms with Crippen LogP contribution in [-0.4, -0.2) is 36.1 Å². The molecule has 2 heterocycles. The van der Waals surface area contributed by atoms with Crippen molar-refractivity contribution in [2.45, 2.75) is 12.8 Å². The van der Waals surface area contributed by atoms with Gasteiger partial charge in [-0.3, -0.25) is 0 Å². The Morgan fingerprint density at radius 3 is 2.35 bits per heavy atom. The maximum Gasteiger partial charge on any atom is 0.0730 e. The number of benzene rings is 2. The fourth-order valence-electron chi connectivity index (χ4n) is 3.43. The summed E-state index contributed by atoms with van der Waals surface area (Å²) in [4.78, 5) is 7.38. The summed E-state index contributed by atoms with van der Waals surface area (Å²) in [5.74, 6) is 0. The predicted octanol–water partition coefficient (Wildman–Crippen LogP) is 5.57. The molecule has 0 atom stereocenters. The number of pyridine rings is 1. The van der Waals surface area contributed by atoms with Crippen molar-refractivity contribution < 1.29 is 0 Å². The van der Waals surface area contributed by atoms with Crippen LogP contribution in [0.3, 0.4) is 0 Å². The molecule has 138 valence electrons. The van der Waals surface area contributed by atoms with Crippen LogP contribution in [-0.2, 0) is 0 Å². The van der Waals surface area contributed by atoms with Crippen molar-refractivity contribution in [3.63, 3.8) is 0 Å². The smallest absolute Gasteiger partial charge is 0.0730 e. The van der Waals surface area contributed by atoms with Gasteiger partial charge in [0.1, 0.15) is 0 Å². The molecule has 3 aromatic rings. The molecule has 0 saturated carbocycles. The number of hydrogen-bond donors (Lipinski definition) is 1. The van der Waals surface area contributed by atoms with Gasteiger partial charge in [0, 0.05) is 29.7 Å². The molecule has 0 amide bonds. The lowest BCUT2D eigenvalue weighted by Gasteiger charge is -2.17. The van der Waals surface area contributed by atoms with Gasteiger partial charge < -0.3 is 10.2 Å². The number of rotatable bonds is 5. The average Bonchev–Trinajstić information content (AvgIpc) is 3.16. The first-order chi connectivity index (χ1) is 11.9. The van der Waals surface area contributed by atoms with Crippen molar-refractivity contribution in [2.24, 2.45) is 0 Å². The summed E-state index contributed by atoms with van der Waals surface area (Å²) in [6.45, 7) is 4.57. The molecule has 0 spiro atoms. The maximum atomic E-state index is 4.84. The predicted molar refractivity (Wildman–Crippen MR) is 122 cm³/mol. The zero-order chi connectivity index (χ0) is 16.2. The van der Waals surface area contributed by atoms with E-state index in [2.05, 4.69) is 64.8 Å². The van der Waals surface area contributed by atoms with E-state index < -0.39 is 0 Å². The molecular formula is C21H25Br2N3. The first kappa shape index (κ1) is 20.9. The fraction of sp³-hybridized carbons (Fsp3) is 0.286. The highest BCUT2D eigenvalue weighted by atomic mass is 79.9. The quantitative estimate of drug-likeness (QED) is 0.519. The molecule has 1 aliphatic heterocycles. The Bertz CT molecular complexity index is 818. The normalized spacial score (nSPS) is 13.8. The van der Waals surface area contributed by atoms with Gasteiger partial charge in [-0.15, -0.1) is 34.0 Å². The molecule has 0 unspecified atom stereocenters. The second-order valence-electron chi connectivity index (χ2n) is 6.41. The third-order valence-corrected chi connectivity index (χ3v) is 4.73. The van der Waals surface area contributed by atoms with Gasteiger partial charge in [0.25, 0.3) is 0 Å². The Balaban J connectivity index is 0.00000121. The Labute approximate surface area is 176 Å². The van der Waals surface area contributed by atoms with E-state index in [1.807, 2.05) is 6.07 Å². The monoisotopic (exact) mass is 477 g/mol. The van der Waals surface area contributed by atoms with Crippen LogP contribution in [0, 0.1) is 0 Å². The standard InChI is InChI=1S/C21H23N3.2BrH/c1-2-8-17(9-3-1)20-16-21(18-10-4-5-11-19(18)23-20)22-12-15-24-13-6-7-14-24;;/h1-5,8-11,16H,6-7,12-15H2,(H,22,23);2*1H. The lowest BCUT2D eigenvalue weighted by atomic mass is 10.1. The largest absolute Gasteiger partial charge is 0.383 e. The minimum absolute atomic E-state index is 0. The van der Waals surface area contributed by atoms with Crippen LogP contribution in [0.4, 0.5) is 5.69 Å². The SMILES string of the molecule is Br.Br.c1ccc(-c2cc(NCCN3CCCC3)c3ccccc3n2)cc1. The van der Waals surface area contributed by atoms with Gasteiger partial charge in [-0.1, -0.05) is 48.5 Å². The van der Waals surface area contributed by atoms with E-state index in [1.165, 1.54) is 37.0 Å². The first-order valence-corrected chi connectivity index (χ1v) is 8.81. The molecule has 1 aromatic heterocycles. The zero-order valence-corrected chi connectivity index (χ0v) is 18.2. The van der Waals surface area contributed by atoms with E-state index in [1.54, 1.807) is 0 Å². The van der Waals surface area contributed by atoms with Crippen molar-refractivity contribution in [2.75, 3.05) is 31.5 Å². The Morgan fingerprint density at radius 1 is 0.885 bits per heavy atom. The van der Waals surface area contributed by atoms with Crippen molar-refractivity contribution in [1.82, 2.24) is 9.88 Å². The van der Waals surface area contributed by atoms with Crippen molar-refractivity contribution in [3.05, 3.63) is 60.7 Å². The molecule has 2 aromatic carbocycles. The number of halogens is 2. The molecule has 5 heteroatoms. The third kappa shape index (κ3) is 4.84. The van der Waals surface area contributed by atoms with Crippen LogP contribution in [0.1, 0.15) is 12.8 Å². The van der Waals surface area contributed by atoms with Gasteiger partial charge in [-0.05, 0) is 38.1 Å². The maximum absolute atomic E-state index is 4.84. The summed E-state index contributed by atoms with van der Waals surface area (Å²) in [6, 6.07) is 21.0. The Morgan fingerprint density at radius 2 is 1.58 bits per heavy atom. The highest BCUT2D eigenvalue weighted by Crippen LogP contribution is 2.28. The van der Waals surface area contributed by atoms with Crippen LogP contribution >= 0.6 is 34.0 Å². The molecule has 1 saturated heterocycles. The topological polar surface area (TPSA) is 28.2 Å². The number of aromatic nitrogens is 1. The molecule has 1 fully saturated rings. The van der Waals surface area contributed by atoms with Crippen LogP contribution in [0.5, 0.6) is 0 Å². The number of hydrogen-bond acceptors (Lipinski definition) is 3. The minimum atomic E-state index is 0. The van der Waals surface area contributed by atoms with E-state index in [0.29, 0.717) is 0 Å². The van der Waals surface area contributed by atoms with Crippen LogP contribution in [0.25, 0.3) is 22.2 Å². The average molecular weight is 479 g/mol. The Kier molecular flexibility index (Phi) is 8.07. The second-order valence-corrected chi connectivity index (χ2v) is 6.41. The molecule has 26 heavy (non-hydrogen) atoms. The van der Waals surface area contributed by atoms with E-state index >= 15 is 0 Å². The molecule has 4 rings (SSSR count). The van der Waals surface area contributed by atoms with Crippen LogP contribution in [0.15, 0.2) is 60.7 Å². The molecule has 0 bridgehead atoms. The van der Waals surface area contributed by atoms with Gasteiger partial charge in [-0.2, -0.15) is 0 Å². The third-order valence-electron chi connectivity index (χ3n) is 4.73. The summed E-state index contributed by atoms with van der Waals surface area (Å²) in [5.41, 5.74) is 4.41. The van der Waals surface area contributed by atoms with Crippen LogP contribution in [0.2, 0.25) is 0 Å². The van der Waals surface area contributed by atoms with E-state index in [9.17, 15) is 0 Å². The van der Waals surface area contributed by atoms with Crippen molar-refractivity contribution >= 4 is 50.6 Å². The Hall–Kier alpha value is -1.43. The number of nitrogens with one attached hydrogen (secondary N) is 1. The molecule has 3 nitrogen and oxygen atoms in total.